The van der Waals surface area contributed by atoms with E-state index in [0.717, 1.165) is 34.9 Å². The van der Waals surface area contributed by atoms with Crippen molar-refractivity contribution in [3.63, 3.8) is 0 Å². The van der Waals surface area contributed by atoms with Crippen LogP contribution >= 0.6 is 0 Å². The molecule has 11 heteroatoms. The molecule has 10 nitrogen and oxygen atoms in total. The molecule has 0 amide bonds. The summed E-state index contributed by atoms with van der Waals surface area (Å²) in [6, 6.07) is 0. The van der Waals surface area contributed by atoms with Crippen molar-refractivity contribution in [1.82, 2.24) is 9.21 Å². The fourth-order valence-corrected chi connectivity index (χ4v) is 4.33. The second-order valence-corrected chi connectivity index (χ2v) is 9.05. The number of carboxylic acids is 2. The van der Waals surface area contributed by atoms with Gasteiger partial charge in [-0.3, -0.25) is 14.5 Å². The largest absolute Gasteiger partial charge is 0.480 e. The standard InChI is InChI=1S/C18H36N2O8S/c1-3-5-6-7-11-29(26,27)20(8-10-28-9-4-2)13-16(21)12-19(14-17(22)23)15-18(24)25/h16,21H,3-15H2,1-2H3,(H,22,23)(H,24,25). The molecule has 0 aromatic rings. The van der Waals surface area contributed by atoms with Gasteiger partial charge >= 0.3 is 11.9 Å². The molecule has 0 radical (unpaired) electrons. The Labute approximate surface area is 173 Å². The summed E-state index contributed by atoms with van der Waals surface area (Å²) in [4.78, 5) is 22.8. The van der Waals surface area contributed by atoms with E-state index in [0.29, 0.717) is 13.0 Å². The maximum Gasteiger partial charge on any atom is 0.317 e. The lowest BCUT2D eigenvalue weighted by atomic mass is 10.2. The zero-order chi connectivity index (χ0) is 22.3. The Bertz CT molecular complexity index is 554. The number of unbranched alkanes of at least 4 members (excludes halogenated alkanes) is 3. The number of aliphatic carboxylic acids is 2. The molecule has 0 aromatic heterocycles. The number of aliphatic hydroxyl groups excluding tert-OH is 1. The highest BCUT2D eigenvalue weighted by molar-refractivity contribution is 7.89. The first kappa shape index (κ1) is 27.7. The molecule has 0 aromatic carbocycles. The Morgan fingerprint density at radius 1 is 0.931 bits per heavy atom. The minimum atomic E-state index is -3.62. The van der Waals surface area contributed by atoms with E-state index in [9.17, 15) is 23.1 Å². The van der Waals surface area contributed by atoms with Crippen molar-refractivity contribution in [3.05, 3.63) is 0 Å². The van der Waals surface area contributed by atoms with Crippen molar-refractivity contribution in [2.75, 3.05) is 51.7 Å². The van der Waals surface area contributed by atoms with Gasteiger partial charge in [0, 0.05) is 26.2 Å². The van der Waals surface area contributed by atoms with Crippen LogP contribution in [0.5, 0.6) is 0 Å². The first-order valence-corrected chi connectivity index (χ1v) is 11.6. The van der Waals surface area contributed by atoms with Crippen molar-refractivity contribution < 1.29 is 38.1 Å². The van der Waals surface area contributed by atoms with Crippen LogP contribution in [0.1, 0.15) is 46.0 Å². The fourth-order valence-electron chi connectivity index (χ4n) is 2.76. The zero-order valence-corrected chi connectivity index (χ0v) is 18.3. The highest BCUT2D eigenvalue weighted by atomic mass is 32.2. The van der Waals surface area contributed by atoms with Gasteiger partial charge in [-0.25, -0.2) is 8.42 Å². The Hall–Kier alpha value is -1.27. The molecular weight excluding hydrogens is 404 g/mol. The highest BCUT2D eigenvalue weighted by Gasteiger charge is 2.26. The van der Waals surface area contributed by atoms with Gasteiger partial charge in [-0.2, -0.15) is 4.31 Å². The molecule has 0 rings (SSSR count). The van der Waals surface area contributed by atoms with Crippen LogP contribution in [0.15, 0.2) is 0 Å². The number of ether oxygens (including phenoxy) is 1. The second-order valence-electron chi connectivity index (χ2n) is 6.96. The smallest absolute Gasteiger partial charge is 0.317 e. The molecule has 0 saturated heterocycles. The molecule has 0 aliphatic carbocycles. The van der Waals surface area contributed by atoms with Gasteiger partial charge in [0.1, 0.15) is 0 Å². The van der Waals surface area contributed by atoms with Gasteiger partial charge in [0.2, 0.25) is 10.0 Å². The third-order valence-corrected chi connectivity index (χ3v) is 6.01. The number of hydrogen-bond donors (Lipinski definition) is 3. The highest BCUT2D eigenvalue weighted by Crippen LogP contribution is 2.09. The minimum absolute atomic E-state index is 0.0402. The van der Waals surface area contributed by atoms with Gasteiger partial charge in [-0.15, -0.1) is 0 Å². The summed E-state index contributed by atoms with van der Waals surface area (Å²) in [5, 5.41) is 28.1. The quantitative estimate of drug-likeness (QED) is 0.244. The average molecular weight is 441 g/mol. The number of nitrogens with zero attached hydrogens (tertiary/aromatic N) is 2. The van der Waals surface area contributed by atoms with Gasteiger partial charge < -0.3 is 20.1 Å². The maximum absolute atomic E-state index is 12.7. The fraction of sp³-hybridized carbons (Fsp3) is 0.889. The van der Waals surface area contributed by atoms with Gasteiger partial charge in [-0.05, 0) is 12.8 Å². The summed E-state index contributed by atoms with van der Waals surface area (Å²) in [6.07, 6.45) is 2.80. The number of aliphatic hydroxyl groups is 1. The normalized spacial score (nSPS) is 13.1. The lowest BCUT2D eigenvalue weighted by Gasteiger charge is -2.27. The minimum Gasteiger partial charge on any atom is -0.480 e. The van der Waals surface area contributed by atoms with E-state index in [-0.39, 0.29) is 32.0 Å². The molecule has 0 aliphatic rings. The SMILES string of the molecule is CCCCCCS(=O)(=O)N(CCOCCC)CC(O)CN(CC(=O)O)CC(=O)O. The molecule has 0 spiro atoms. The Morgan fingerprint density at radius 3 is 2.07 bits per heavy atom. The van der Waals surface area contributed by atoms with E-state index < -0.39 is 41.2 Å². The predicted octanol–water partition coefficient (Wildman–Crippen LogP) is 0.457. The summed E-state index contributed by atoms with van der Waals surface area (Å²) in [5.41, 5.74) is 0. The van der Waals surface area contributed by atoms with Gasteiger partial charge in [-0.1, -0.05) is 33.1 Å². The van der Waals surface area contributed by atoms with E-state index >= 15 is 0 Å². The van der Waals surface area contributed by atoms with Crippen LogP contribution < -0.4 is 0 Å². The lowest BCUT2D eigenvalue weighted by Crippen LogP contribution is -2.46. The van der Waals surface area contributed by atoms with Gasteiger partial charge in [0.05, 0.1) is 31.6 Å². The van der Waals surface area contributed by atoms with Crippen molar-refractivity contribution in [2.24, 2.45) is 0 Å². The van der Waals surface area contributed by atoms with Crippen molar-refractivity contribution >= 4 is 22.0 Å². The second kappa shape index (κ2) is 15.6. The number of sulfonamides is 1. The number of carbonyl (C=O) groups is 2. The predicted molar refractivity (Wildman–Crippen MR) is 108 cm³/mol. The Balaban J connectivity index is 5.00. The van der Waals surface area contributed by atoms with E-state index in [2.05, 4.69) is 0 Å². The average Bonchev–Trinajstić information content (AvgIpc) is 2.60. The summed E-state index contributed by atoms with van der Waals surface area (Å²) >= 11 is 0. The van der Waals surface area contributed by atoms with Gasteiger partial charge in [0.15, 0.2) is 0 Å². The summed E-state index contributed by atoms with van der Waals surface area (Å²) < 4.78 is 31.9. The molecule has 0 bridgehead atoms. The van der Waals surface area contributed by atoms with Crippen LogP contribution in [-0.2, 0) is 24.3 Å². The van der Waals surface area contributed by atoms with Crippen LogP contribution in [0, 0.1) is 0 Å². The number of hydrogen-bond acceptors (Lipinski definition) is 7. The molecule has 0 saturated carbocycles. The van der Waals surface area contributed by atoms with Crippen LogP contribution in [0.2, 0.25) is 0 Å². The van der Waals surface area contributed by atoms with E-state index in [1.165, 1.54) is 0 Å². The lowest BCUT2D eigenvalue weighted by molar-refractivity contribution is -0.142. The summed E-state index contributed by atoms with van der Waals surface area (Å²) in [5.74, 6) is -2.50. The third kappa shape index (κ3) is 14.4. The molecule has 3 N–H and O–H groups in total. The molecule has 29 heavy (non-hydrogen) atoms. The van der Waals surface area contributed by atoms with Gasteiger partial charge in [0.25, 0.3) is 0 Å². The Kier molecular flexibility index (Phi) is 14.9. The van der Waals surface area contributed by atoms with Crippen molar-refractivity contribution in [3.8, 4) is 0 Å². The Morgan fingerprint density at radius 2 is 1.55 bits per heavy atom. The van der Waals surface area contributed by atoms with Crippen LogP contribution in [-0.4, -0.2) is 103 Å². The van der Waals surface area contributed by atoms with Crippen LogP contribution in [0.25, 0.3) is 0 Å². The van der Waals surface area contributed by atoms with E-state index in [1.54, 1.807) is 0 Å². The molecule has 0 heterocycles. The number of rotatable bonds is 19. The summed E-state index contributed by atoms with van der Waals surface area (Å²) in [6.45, 7) is 3.08. The van der Waals surface area contributed by atoms with Crippen molar-refractivity contribution in [2.45, 2.75) is 52.1 Å². The zero-order valence-electron chi connectivity index (χ0n) is 17.5. The first-order chi connectivity index (χ1) is 13.6. The molecular formula is C18H36N2O8S. The molecule has 0 fully saturated rings. The van der Waals surface area contributed by atoms with Crippen molar-refractivity contribution in [1.29, 1.82) is 0 Å². The maximum atomic E-state index is 12.7. The first-order valence-electron chi connectivity index (χ1n) is 10.0. The summed E-state index contributed by atoms with van der Waals surface area (Å²) in [7, 11) is -3.62. The van der Waals surface area contributed by atoms with E-state index in [4.69, 9.17) is 14.9 Å². The number of carboxylic acid groups (broad SMARTS) is 2. The van der Waals surface area contributed by atoms with Crippen LogP contribution in [0.4, 0.5) is 0 Å². The van der Waals surface area contributed by atoms with E-state index in [1.807, 2.05) is 13.8 Å². The third-order valence-electron chi connectivity index (χ3n) is 4.08. The molecule has 0 aliphatic heterocycles. The monoisotopic (exact) mass is 440 g/mol. The molecule has 1 unspecified atom stereocenters. The molecule has 1 atom stereocenters. The topological polar surface area (TPSA) is 145 Å². The van der Waals surface area contributed by atoms with Crippen LogP contribution in [0.3, 0.4) is 0 Å². The molecule has 172 valence electrons.